The summed E-state index contributed by atoms with van der Waals surface area (Å²) in [6.45, 7) is 4.50. The minimum Gasteiger partial charge on any atom is -0.455 e. The van der Waals surface area contributed by atoms with Crippen molar-refractivity contribution in [2.24, 2.45) is 5.41 Å². The Balaban J connectivity index is 0.992. The van der Waals surface area contributed by atoms with Crippen molar-refractivity contribution < 1.29 is 14.5 Å². The number of pyridine rings is 1. The van der Waals surface area contributed by atoms with E-state index in [1.165, 1.54) is 49.3 Å². The summed E-state index contributed by atoms with van der Waals surface area (Å²) in [7, 11) is 3.51. The number of amides is 1. The highest BCUT2D eigenvalue weighted by molar-refractivity contribution is 7.98. The van der Waals surface area contributed by atoms with Gasteiger partial charge in [-0.25, -0.2) is 4.98 Å². The van der Waals surface area contributed by atoms with Crippen LogP contribution in [-0.4, -0.2) is 72.5 Å². The molecule has 3 aromatic carbocycles. The molecule has 2 fully saturated rings. The Kier molecular flexibility index (Phi) is 10.5. The van der Waals surface area contributed by atoms with Crippen LogP contribution in [0.25, 0.3) is 16.6 Å². The molecule has 1 saturated carbocycles. The first kappa shape index (κ1) is 36.9. The van der Waals surface area contributed by atoms with E-state index < -0.39 is 4.92 Å². The third kappa shape index (κ3) is 8.03. The maximum atomic E-state index is 13.7. The Hall–Kier alpha value is -5.04. The first-order valence-corrected chi connectivity index (χ1v) is 19.9. The first-order chi connectivity index (χ1) is 26.6. The average molecular weight is 778 g/mol. The van der Waals surface area contributed by atoms with Crippen LogP contribution in [0.4, 0.5) is 17.1 Å². The van der Waals surface area contributed by atoms with Crippen molar-refractivity contribution in [3.8, 4) is 11.5 Å². The lowest BCUT2D eigenvalue weighted by atomic mass is 9.59. The van der Waals surface area contributed by atoms with E-state index in [9.17, 15) is 14.9 Å². The molecule has 1 amide bonds. The van der Waals surface area contributed by atoms with Gasteiger partial charge in [-0.15, -0.1) is 0 Å². The van der Waals surface area contributed by atoms with Crippen molar-refractivity contribution in [1.82, 2.24) is 19.6 Å². The van der Waals surface area contributed by atoms with E-state index in [1.54, 1.807) is 49.0 Å². The molecule has 284 valence electrons. The smallest absolute Gasteiger partial charge is 0.293 e. The molecule has 0 unspecified atom stereocenters. The van der Waals surface area contributed by atoms with Crippen molar-refractivity contribution in [2.75, 3.05) is 56.6 Å². The largest absolute Gasteiger partial charge is 0.455 e. The number of nitrogens with zero attached hydrogens (tertiary/aromatic N) is 5. The molecule has 11 nitrogen and oxygen atoms in total. The average Bonchev–Trinajstić information content (AvgIpc) is 3.65. The molecular formula is C42H44ClN7O4S. The van der Waals surface area contributed by atoms with Gasteiger partial charge in [-0.1, -0.05) is 35.7 Å². The second kappa shape index (κ2) is 15.6. The fraction of sp³-hybridized carbons (Fsp3) is 0.333. The van der Waals surface area contributed by atoms with E-state index in [2.05, 4.69) is 36.6 Å². The van der Waals surface area contributed by atoms with Gasteiger partial charge in [0.2, 0.25) is 0 Å². The number of nitrogens with one attached hydrogen (secondary N) is 2. The number of carbonyl (C=O) groups is 1. The topological polar surface area (TPSA) is 120 Å². The SMILES string of the molecule is CN(C)c1ccc(SNC(=O)c2ccc(N3CCN(CC4=C(c5ccc(Cl)cc5)CC5(CCC5)CC4)CC3)cc2Oc2cnc3[nH]ccc3c2)cc1[N+](=O)[O-]. The van der Waals surface area contributed by atoms with Gasteiger partial charge < -0.3 is 19.5 Å². The highest BCUT2D eigenvalue weighted by Gasteiger charge is 2.41. The summed E-state index contributed by atoms with van der Waals surface area (Å²) in [5.74, 6) is 0.521. The normalized spacial score (nSPS) is 17.0. The fourth-order valence-corrected chi connectivity index (χ4v) is 8.91. The quantitative estimate of drug-likeness (QED) is 0.0768. The minimum absolute atomic E-state index is 0.0371. The number of anilines is 2. The predicted molar refractivity (Wildman–Crippen MR) is 221 cm³/mol. The molecule has 0 bridgehead atoms. The second-order valence-electron chi connectivity index (χ2n) is 15.1. The molecular weight excluding hydrogens is 734 g/mol. The van der Waals surface area contributed by atoms with Crippen LogP contribution in [0.15, 0.2) is 95.7 Å². The van der Waals surface area contributed by atoms with Crippen LogP contribution in [0.5, 0.6) is 11.5 Å². The van der Waals surface area contributed by atoms with Crippen molar-refractivity contribution in [3.63, 3.8) is 0 Å². The van der Waals surface area contributed by atoms with Crippen LogP contribution in [0.3, 0.4) is 0 Å². The molecule has 13 heteroatoms. The number of rotatable bonds is 11. The molecule has 2 aliphatic carbocycles. The van der Waals surface area contributed by atoms with E-state index in [-0.39, 0.29) is 11.6 Å². The molecule has 3 aliphatic rings. The van der Waals surface area contributed by atoms with Gasteiger partial charge in [0.1, 0.15) is 22.8 Å². The summed E-state index contributed by atoms with van der Waals surface area (Å²) in [5, 5.41) is 13.4. The molecule has 1 saturated heterocycles. The molecule has 1 spiro atoms. The van der Waals surface area contributed by atoms with E-state index in [4.69, 9.17) is 16.3 Å². The number of allylic oxidation sites excluding steroid dienone is 1. The number of nitro benzene ring substituents is 1. The zero-order valence-corrected chi connectivity index (χ0v) is 32.6. The van der Waals surface area contributed by atoms with Crippen LogP contribution in [0.1, 0.15) is 54.4 Å². The van der Waals surface area contributed by atoms with Gasteiger partial charge in [-0.2, -0.15) is 0 Å². The number of hydrogen-bond acceptors (Lipinski definition) is 9. The molecule has 55 heavy (non-hydrogen) atoms. The Morgan fingerprint density at radius 1 is 1.04 bits per heavy atom. The highest BCUT2D eigenvalue weighted by Crippen LogP contribution is 2.55. The van der Waals surface area contributed by atoms with Crippen LogP contribution in [0, 0.1) is 15.5 Å². The molecule has 0 radical (unpaired) electrons. The van der Waals surface area contributed by atoms with E-state index >= 15 is 0 Å². The number of piperazine rings is 1. The molecule has 1 aliphatic heterocycles. The summed E-state index contributed by atoms with van der Waals surface area (Å²) >= 11 is 7.30. The zero-order chi connectivity index (χ0) is 38.1. The lowest BCUT2D eigenvalue weighted by Gasteiger charge is -2.47. The summed E-state index contributed by atoms with van der Waals surface area (Å²) < 4.78 is 9.27. The minimum atomic E-state index is -0.420. The summed E-state index contributed by atoms with van der Waals surface area (Å²) in [4.78, 5) is 39.8. The summed E-state index contributed by atoms with van der Waals surface area (Å²) in [6, 6.07) is 22.8. The molecule has 2 N–H and O–H groups in total. The standard InChI is InChI=1S/C42H44ClN7O4S/c1-47(2)37-11-9-34(24-38(37)50(52)53)55-46-41(51)35-10-8-32(23-39(35)54-33-22-29-13-17-44-40(29)45-26-33)49-20-18-48(19-21-49)27-30-12-16-42(14-3-15-42)25-36(30)28-4-6-31(43)7-5-28/h4-11,13,17,22-24,26H,3,12,14-16,18-21,25,27H2,1-2H3,(H,44,45)(H,46,51). The first-order valence-electron chi connectivity index (χ1n) is 18.8. The van der Waals surface area contributed by atoms with Crippen LogP contribution in [-0.2, 0) is 0 Å². The maximum absolute atomic E-state index is 13.7. The number of H-pyrrole nitrogens is 1. The van der Waals surface area contributed by atoms with Crippen molar-refractivity contribution in [2.45, 2.75) is 43.4 Å². The number of nitro groups is 1. The Labute approximate surface area is 330 Å². The number of halogens is 1. The Morgan fingerprint density at radius 3 is 2.56 bits per heavy atom. The Bertz CT molecular complexity index is 2260. The third-order valence-corrected chi connectivity index (χ3v) is 12.4. The predicted octanol–water partition coefficient (Wildman–Crippen LogP) is 9.35. The van der Waals surface area contributed by atoms with Gasteiger partial charge in [0.15, 0.2) is 0 Å². The monoisotopic (exact) mass is 777 g/mol. The van der Waals surface area contributed by atoms with Gasteiger partial charge in [0.05, 0.1) is 16.7 Å². The molecule has 0 atom stereocenters. The van der Waals surface area contributed by atoms with Gasteiger partial charge in [-0.05, 0) is 109 Å². The van der Waals surface area contributed by atoms with Gasteiger partial charge in [0, 0.05) is 86.1 Å². The summed E-state index contributed by atoms with van der Waals surface area (Å²) in [5.41, 5.74) is 7.38. The molecule has 3 heterocycles. The number of ether oxygens (including phenoxy) is 1. The van der Waals surface area contributed by atoms with Crippen LogP contribution >= 0.6 is 23.5 Å². The third-order valence-electron chi connectivity index (χ3n) is 11.4. The zero-order valence-electron chi connectivity index (χ0n) is 31.0. The molecule has 8 rings (SSSR count). The van der Waals surface area contributed by atoms with Crippen molar-refractivity contribution in [1.29, 1.82) is 0 Å². The van der Waals surface area contributed by atoms with Gasteiger partial charge in [-0.3, -0.25) is 24.5 Å². The van der Waals surface area contributed by atoms with E-state index in [0.717, 1.165) is 72.8 Å². The van der Waals surface area contributed by atoms with E-state index in [1.807, 2.05) is 42.6 Å². The number of carbonyl (C=O) groups excluding carboxylic acids is 1. The number of benzene rings is 3. The highest BCUT2D eigenvalue weighted by atomic mass is 35.5. The summed E-state index contributed by atoms with van der Waals surface area (Å²) in [6.07, 6.45) is 11.1. The van der Waals surface area contributed by atoms with Crippen LogP contribution < -0.4 is 19.3 Å². The lowest BCUT2D eigenvalue weighted by molar-refractivity contribution is -0.384. The maximum Gasteiger partial charge on any atom is 0.293 e. The Morgan fingerprint density at radius 2 is 1.84 bits per heavy atom. The van der Waals surface area contributed by atoms with E-state index in [0.29, 0.717) is 33.1 Å². The number of aromatic nitrogens is 2. The number of fused-ring (bicyclic) bond motifs is 1. The number of hydrogen-bond donors (Lipinski definition) is 2. The van der Waals surface area contributed by atoms with Crippen molar-refractivity contribution >= 4 is 63.1 Å². The lowest BCUT2D eigenvalue weighted by Crippen LogP contribution is -2.47. The fourth-order valence-electron chi connectivity index (χ4n) is 8.16. The van der Waals surface area contributed by atoms with Gasteiger partial charge in [0.25, 0.3) is 11.6 Å². The molecule has 2 aromatic heterocycles. The molecule has 5 aromatic rings. The van der Waals surface area contributed by atoms with Crippen LogP contribution in [0.2, 0.25) is 5.02 Å². The second-order valence-corrected chi connectivity index (χ2v) is 16.4. The number of aromatic amines is 1. The van der Waals surface area contributed by atoms with Gasteiger partial charge >= 0.3 is 0 Å². The van der Waals surface area contributed by atoms with Crippen molar-refractivity contribution in [3.05, 3.63) is 117 Å².